The minimum atomic E-state index is 0.643. The minimum Gasteiger partial charge on any atom is -0.469 e. The number of aliphatic imine (C=N–C) groups is 1. The highest BCUT2D eigenvalue weighted by molar-refractivity contribution is 7.13. The van der Waals surface area contributed by atoms with Crippen LogP contribution in [0.3, 0.4) is 0 Å². The van der Waals surface area contributed by atoms with Crippen molar-refractivity contribution in [2.45, 2.75) is 13.0 Å². The van der Waals surface area contributed by atoms with E-state index in [0.29, 0.717) is 6.54 Å². The molecule has 0 aliphatic heterocycles. The van der Waals surface area contributed by atoms with Crippen molar-refractivity contribution in [2.75, 3.05) is 13.6 Å². The standard InChI is InChI=1S/C18H20N4OS/c1-19-18(20-10-9-16-8-5-11-23-16)21-12-15-13-24-17(22-15)14-6-3-2-4-7-14/h2-8,11,13H,9-10,12H2,1H3,(H2,19,20,21). The second-order valence-electron chi connectivity index (χ2n) is 5.19. The van der Waals surface area contributed by atoms with E-state index in [9.17, 15) is 0 Å². The molecule has 2 heterocycles. The van der Waals surface area contributed by atoms with Gasteiger partial charge in [0.2, 0.25) is 0 Å². The van der Waals surface area contributed by atoms with Crippen LogP contribution in [0.5, 0.6) is 0 Å². The predicted molar refractivity (Wildman–Crippen MR) is 98.2 cm³/mol. The first kappa shape index (κ1) is 16.3. The molecule has 0 saturated heterocycles. The van der Waals surface area contributed by atoms with Crippen LogP contribution >= 0.6 is 11.3 Å². The Labute approximate surface area is 145 Å². The van der Waals surface area contributed by atoms with Gasteiger partial charge in [0.15, 0.2) is 5.96 Å². The summed E-state index contributed by atoms with van der Waals surface area (Å²) in [5, 5.41) is 9.66. The van der Waals surface area contributed by atoms with Gasteiger partial charge in [0.25, 0.3) is 0 Å². The van der Waals surface area contributed by atoms with E-state index in [4.69, 9.17) is 4.42 Å². The van der Waals surface area contributed by atoms with E-state index in [2.05, 4.69) is 38.1 Å². The first-order chi connectivity index (χ1) is 11.8. The monoisotopic (exact) mass is 340 g/mol. The van der Waals surface area contributed by atoms with Gasteiger partial charge in [0, 0.05) is 31.0 Å². The lowest BCUT2D eigenvalue weighted by Crippen LogP contribution is -2.37. The molecule has 2 aromatic heterocycles. The molecule has 24 heavy (non-hydrogen) atoms. The van der Waals surface area contributed by atoms with Crippen molar-refractivity contribution in [3.8, 4) is 10.6 Å². The summed E-state index contributed by atoms with van der Waals surface area (Å²) in [7, 11) is 1.76. The van der Waals surface area contributed by atoms with Gasteiger partial charge in [-0.1, -0.05) is 30.3 Å². The van der Waals surface area contributed by atoms with Crippen molar-refractivity contribution >= 4 is 17.3 Å². The first-order valence-electron chi connectivity index (χ1n) is 7.82. The third-order valence-electron chi connectivity index (χ3n) is 3.48. The Hall–Kier alpha value is -2.60. The van der Waals surface area contributed by atoms with Gasteiger partial charge in [-0.2, -0.15) is 0 Å². The van der Waals surface area contributed by atoms with Crippen molar-refractivity contribution in [3.05, 3.63) is 65.6 Å². The fourth-order valence-electron chi connectivity index (χ4n) is 2.26. The zero-order valence-electron chi connectivity index (χ0n) is 13.5. The van der Waals surface area contributed by atoms with Gasteiger partial charge in [0.1, 0.15) is 10.8 Å². The van der Waals surface area contributed by atoms with Crippen LogP contribution in [0, 0.1) is 0 Å². The van der Waals surface area contributed by atoms with Gasteiger partial charge in [-0.25, -0.2) is 4.98 Å². The first-order valence-corrected chi connectivity index (χ1v) is 8.70. The molecule has 6 heteroatoms. The van der Waals surface area contributed by atoms with Crippen LogP contribution in [0.1, 0.15) is 11.5 Å². The van der Waals surface area contributed by atoms with Gasteiger partial charge in [-0.05, 0) is 12.1 Å². The predicted octanol–water partition coefficient (Wildman–Crippen LogP) is 3.31. The quantitative estimate of drug-likeness (QED) is 0.534. The SMILES string of the molecule is CN=C(NCCc1ccco1)NCc1csc(-c2ccccc2)n1. The number of hydrogen-bond donors (Lipinski definition) is 2. The second kappa shape index (κ2) is 8.31. The molecule has 0 bridgehead atoms. The van der Waals surface area contributed by atoms with Gasteiger partial charge in [-0.3, -0.25) is 4.99 Å². The van der Waals surface area contributed by atoms with Crippen LogP contribution in [0.4, 0.5) is 0 Å². The zero-order valence-corrected chi connectivity index (χ0v) is 14.3. The molecular formula is C18H20N4OS. The lowest BCUT2D eigenvalue weighted by atomic mass is 10.2. The summed E-state index contributed by atoms with van der Waals surface area (Å²) in [4.78, 5) is 8.89. The topological polar surface area (TPSA) is 62.5 Å². The Kier molecular flexibility index (Phi) is 5.63. The van der Waals surface area contributed by atoms with Crippen LogP contribution < -0.4 is 10.6 Å². The summed E-state index contributed by atoms with van der Waals surface area (Å²) in [6.07, 6.45) is 2.51. The summed E-state index contributed by atoms with van der Waals surface area (Å²) in [6.45, 7) is 1.41. The van der Waals surface area contributed by atoms with Crippen molar-refractivity contribution < 1.29 is 4.42 Å². The van der Waals surface area contributed by atoms with Crippen LogP contribution in [-0.2, 0) is 13.0 Å². The van der Waals surface area contributed by atoms with E-state index in [0.717, 1.165) is 41.0 Å². The zero-order chi connectivity index (χ0) is 16.6. The number of furan rings is 1. The third kappa shape index (κ3) is 4.45. The van der Waals surface area contributed by atoms with Crippen molar-refractivity contribution in [1.29, 1.82) is 0 Å². The average molecular weight is 340 g/mol. The maximum Gasteiger partial charge on any atom is 0.191 e. The van der Waals surface area contributed by atoms with E-state index < -0.39 is 0 Å². The fraction of sp³-hybridized carbons (Fsp3) is 0.222. The van der Waals surface area contributed by atoms with E-state index >= 15 is 0 Å². The summed E-state index contributed by atoms with van der Waals surface area (Å²) < 4.78 is 5.31. The Morgan fingerprint density at radius 1 is 1.17 bits per heavy atom. The number of rotatable bonds is 6. The molecule has 0 fully saturated rings. The van der Waals surface area contributed by atoms with Gasteiger partial charge < -0.3 is 15.1 Å². The highest BCUT2D eigenvalue weighted by Gasteiger charge is 2.05. The molecule has 124 valence electrons. The minimum absolute atomic E-state index is 0.643. The molecule has 3 rings (SSSR count). The van der Waals surface area contributed by atoms with Crippen LogP contribution in [0.25, 0.3) is 10.6 Å². The van der Waals surface area contributed by atoms with E-state index in [-0.39, 0.29) is 0 Å². The highest BCUT2D eigenvalue weighted by atomic mass is 32.1. The van der Waals surface area contributed by atoms with E-state index in [1.54, 1.807) is 24.6 Å². The molecular weight excluding hydrogens is 320 g/mol. The molecule has 2 N–H and O–H groups in total. The molecule has 1 aromatic carbocycles. The lowest BCUT2D eigenvalue weighted by Gasteiger charge is -2.10. The number of aromatic nitrogens is 1. The van der Waals surface area contributed by atoms with E-state index in [1.165, 1.54) is 0 Å². The molecule has 0 aliphatic rings. The van der Waals surface area contributed by atoms with Gasteiger partial charge >= 0.3 is 0 Å². The van der Waals surface area contributed by atoms with Crippen molar-refractivity contribution in [1.82, 2.24) is 15.6 Å². The molecule has 0 radical (unpaired) electrons. The van der Waals surface area contributed by atoms with Gasteiger partial charge in [0.05, 0.1) is 18.5 Å². The molecule has 0 atom stereocenters. The molecule has 3 aromatic rings. The number of thiazole rings is 1. The maximum absolute atomic E-state index is 5.31. The Morgan fingerprint density at radius 2 is 2.04 bits per heavy atom. The van der Waals surface area contributed by atoms with Crippen LogP contribution in [0.15, 0.2) is 63.5 Å². The maximum atomic E-state index is 5.31. The Bertz CT molecular complexity index is 765. The molecule has 5 nitrogen and oxygen atoms in total. The Morgan fingerprint density at radius 3 is 2.79 bits per heavy atom. The van der Waals surface area contributed by atoms with Crippen molar-refractivity contribution in [2.24, 2.45) is 4.99 Å². The molecule has 0 spiro atoms. The summed E-state index contributed by atoms with van der Waals surface area (Å²) >= 11 is 1.65. The summed E-state index contributed by atoms with van der Waals surface area (Å²) in [5.41, 5.74) is 2.16. The molecule has 0 amide bonds. The van der Waals surface area contributed by atoms with Gasteiger partial charge in [-0.15, -0.1) is 11.3 Å². The van der Waals surface area contributed by atoms with E-state index in [1.807, 2.05) is 30.3 Å². The number of benzene rings is 1. The highest BCUT2D eigenvalue weighted by Crippen LogP contribution is 2.23. The summed E-state index contributed by atoms with van der Waals surface area (Å²) in [5.74, 6) is 1.72. The summed E-state index contributed by atoms with van der Waals surface area (Å²) in [6, 6.07) is 14.1. The van der Waals surface area contributed by atoms with Crippen LogP contribution in [-0.4, -0.2) is 24.5 Å². The lowest BCUT2D eigenvalue weighted by molar-refractivity contribution is 0.507. The molecule has 0 aliphatic carbocycles. The largest absolute Gasteiger partial charge is 0.469 e. The fourth-order valence-corrected chi connectivity index (χ4v) is 3.08. The number of nitrogens with one attached hydrogen (secondary N) is 2. The Balaban J connectivity index is 1.48. The average Bonchev–Trinajstić information content (AvgIpc) is 3.30. The number of hydrogen-bond acceptors (Lipinski definition) is 4. The number of nitrogens with zero attached hydrogens (tertiary/aromatic N) is 2. The third-order valence-corrected chi connectivity index (χ3v) is 4.42. The normalized spacial score (nSPS) is 11.5. The van der Waals surface area contributed by atoms with Crippen LogP contribution in [0.2, 0.25) is 0 Å². The molecule has 0 unspecified atom stereocenters. The van der Waals surface area contributed by atoms with Crippen molar-refractivity contribution in [3.63, 3.8) is 0 Å². The second-order valence-corrected chi connectivity index (χ2v) is 6.05. The number of guanidine groups is 1. The smallest absolute Gasteiger partial charge is 0.191 e. The molecule has 0 saturated carbocycles.